The van der Waals surface area contributed by atoms with Gasteiger partial charge in [0.15, 0.2) is 0 Å². The first-order chi connectivity index (χ1) is 7.77. The fourth-order valence-electron chi connectivity index (χ4n) is 1.84. The molecule has 1 fully saturated rings. The maximum absolute atomic E-state index is 10.9. The Morgan fingerprint density at radius 3 is 2.81 bits per heavy atom. The molecule has 3 nitrogen and oxygen atoms in total. The number of nitrogens with one attached hydrogen (secondary N) is 1. The molecule has 0 amide bonds. The monoisotopic (exact) mass is 219 g/mol. The molecule has 0 spiro atoms. The van der Waals surface area contributed by atoms with Gasteiger partial charge in [-0.15, -0.1) is 0 Å². The van der Waals surface area contributed by atoms with Crippen molar-refractivity contribution >= 4 is 11.7 Å². The maximum atomic E-state index is 10.9. The fourth-order valence-corrected chi connectivity index (χ4v) is 1.84. The number of aromatic carboxylic acids is 1. The van der Waals surface area contributed by atoms with Crippen LogP contribution in [0, 0.1) is 5.92 Å². The molecule has 1 saturated carbocycles. The largest absolute Gasteiger partial charge is 0.478 e. The van der Waals surface area contributed by atoms with Crippen molar-refractivity contribution in [3.63, 3.8) is 0 Å². The van der Waals surface area contributed by atoms with E-state index in [-0.39, 0.29) is 0 Å². The van der Waals surface area contributed by atoms with E-state index in [1.165, 1.54) is 19.3 Å². The Kier molecular flexibility index (Phi) is 3.44. The summed E-state index contributed by atoms with van der Waals surface area (Å²) in [5.74, 6) is 0.0711. The maximum Gasteiger partial charge on any atom is 0.337 e. The number of hydrogen-bond acceptors (Lipinski definition) is 2. The van der Waals surface area contributed by atoms with Crippen LogP contribution in [0.1, 0.15) is 36.0 Å². The topological polar surface area (TPSA) is 49.3 Å². The summed E-state index contributed by atoms with van der Waals surface area (Å²) in [6.45, 7) is 0.862. The molecule has 0 bridgehead atoms. The number of carbonyl (C=O) groups is 1. The minimum atomic E-state index is -0.870. The van der Waals surface area contributed by atoms with Gasteiger partial charge in [0, 0.05) is 12.2 Å². The summed E-state index contributed by atoms with van der Waals surface area (Å²) >= 11 is 0. The zero-order chi connectivity index (χ0) is 11.4. The van der Waals surface area contributed by atoms with Crippen LogP contribution in [0.15, 0.2) is 24.3 Å². The van der Waals surface area contributed by atoms with Crippen LogP contribution in [-0.4, -0.2) is 17.6 Å². The zero-order valence-corrected chi connectivity index (χ0v) is 9.28. The summed E-state index contributed by atoms with van der Waals surface area (Å²) < 4.78 is 0. The molecule has 3 heteroatoms. The van der Waals surface area contributed by atoms with E-state index in [1.54, 1.807) is 12.1 Å². The van der Waals surface area contributed by atoms with Crippen LogP contribution in [0.5, 0.6) is 0 Å². The molecule has 1 aliphatic carbocycles. The predicted octanol–water partition coefficient (Wildman–Crippen LogP) is 2.99. The van der Waals surface area contributed by atoms with Crippen molar-refractivity contribution < 1.29 is 9.90 Å². The van der Waals surface area contributed by atoms with E-state index in [2.05, 4.69) is 5.32 Å². The van der Waals surface area contributed by atoms with E-state index < -0.39 is 5.97 Å². The van der Waals surface area contributed by atoms with E-state index in [9.17, 15) is 4.79 Å². The van der Waals surface area contributed by atoms with E-state index in [4.69, 9.17) is 5.11 Å². The van der Waals surface area contributed by atoms with Crippen molar-refractivity contribution in [1.82, 2.24) is 0 Å². The van der Waals surface area contributed by atoms with E-state index >= 15 is 0 Å². The Morgan fingerprint density at radius 1 is 1.38 bits per heavy atom. The third-order valence-corrected chi connectivity index (χ3v) is 2.96. The molecule has 2 rings (SSSR count). The Bertz CT molecular complexity index is 372. The fraction of sp³-hybridized carbons (Fsp3) is 0.462. The van der Waals surface area contributed by atoms with Crippen LogP contribution in [0.4, 0.5) is 5.69 Å². The number of anilines is 1. The zero-order valence-electron chi connectivity index (χ0n) is 9.28. The standard InChI is InChI=1S/C13H17NO2/c15-13(16)11-5-1-2-6-12(11)14-9-3-4-10-7-8-10/h1-2,5-6,10,14H,3-4,7-9H2,(H,15,16). The number of carboxylic acid groups (broad SMARTS) is 1. The predicted molar refractivity (Wildman–Crippen MR) is 63.8 cm³/mol. The van der Waals surface area contributed by atoms with Gasteiger partial charge in [0.25, 0.3) is 0 Å². The van der Waals surface area contributed by atoms with Crippen molar-refractivity contribution in [2.75, 3.05) is 11.9 Å². The number of benzene rings is 1. The second-order valence-electron chi connectivity index (χ2n) is 4.36. The number of rotatable bonds is 6. The van der Waals surface area contributed by atoms with Crippen molar-refractivity contribution in [3.05, 3.63) is 29.8 Å². The highest BCUT2D eigenvalue weighted by molar-refractivity contribution is 5.94. The molecule has 0 saturated heterocycles. The molecule has 0 radical (unpaired) electrons. The van der Waals surface area contributed by atoms with Crippen molar-refractivity contribution in [2.45, 2.75) is 25.7 Å². The van der Waals surface area contributed by atoms with Gasteiger partial charge in [-0.25, -0.2) is 4.79 Å². The summed E-state index contributed by atoms with van der Waals surface area (Å²) in [6.07, 6.45) is 5.15. The molecule has 0 unspecified atom stereocenters. The summed E-state index contributed by atoms with van der Waals surface area (Å²) in [4.78, 5) is 10.9. The third-order valence-electron chi connectivity index (χ3n) is 2.96. The smallest absolute Gasteiger partial charge is 0.337 e. The second kappa shape index (κ2) is 5.01. The van der Waals surface area contributed by atoms with E-state index in [1.807, 2.05) is 12.1 Å². The van der Waals surface area contributed by atoms with Gasteiger partial charge in [0.2, 0.25) is 0 Å². The van der Waals surface area contributed by atoms with Crippen LogP contribution in [0.25, 0.3) is 0 Å². The summed E-state index contributed by atoms with van der Waals surface area (Å²) in [5.41, 5.74) is 1.08. The third kappa shape index (κ3) is 2.99. The first-order valence-electron chi connectivity index (χ1n) is 5.83. The van der Waals surface area contributed by atoms with E-state index in [0.717, 1.165) is 24.6 Å². The molecule has 1 aliphatic rings. The van der Waals surface area contributed by atoms with Crippen LogP contribution in [-0.2, 0) is 0 Å². The Hall–Kier alpha value is -1.51. The van der Waals surface area contributed by atoms with Gasteiger partial charge < -0.3 is 10.4 Å². The van der Waals surface area contributed by atoms with Gasteiger partial charge in [-0.1, -0.05) is 25.0 Å². The molecular weight excluding hydrogens is 202 g/mol. The van der Waals surface area contributed by atoms with Gasteiger partial charge >= 0.3 is 5.97 Å². The number of hydrogen-bond donors (Lipinski definition) is 2. The molecule has 2 N–H and O–H groups in total. The Balaban J connectivity index is 1.84. The van der Waals surface area contributed by atoms with Crippen LogP contribution >= 0.6 is 0 Å². The number of para-hydroxylation sites is 1. The van der Waals surface area contributed by atoms with Crippen molar-refractivity contribution in [1.29, 1.82) is 0 Å². The summed E-state index contributed by atoms with van der Waals surface area (Å²) in [7, 11) is 0. The summed E-state index contributed by atoms with van der Waals surface area (Å²) in [6, 6.07) is 7.06. The van der Waals surface area contributed by atoms with Crippen LogP contribution in [0.3, 0.4) is 0 Å². The molecule has 86 valence electrons. The van der Waals surface area contributed by atoms with Gasteiger partial charge in [-0.2, -0.15) is 0 Å². The molecule has 1 aromatic rings. The van der Waals surface area contributed by atoms with Gasteiger partial charge in [0.05, 0.1) is 5.56 Å². The first kappa shape index (κ1) is 11.0. The lowest BCUT2D eigenvalue weighted by Gasteiger charge is -2.08. The molecule has 0 heterocycles. The Labute approximate surface area is 95.5 Å². The van der Waals surface area contributed by atoms with Crippen LogP contribution in [0.2, 0.25) is 0 Å². The quantitative estimate of drug-likeness (QED) is 0.723. The van der Waals surface area contributed by atoms with E-state index in [0.29, 0.717) is 5.56 Å². The highest BCUT2D eigenvalue weighted by Gasteiger charge is 2.20. The summed E-state index contributed by atoms with van der Waals surface area (Å²) in [5, 5.41) is 12.2. The molecule has 0 aromatic heterocycles. The normalized spacial score (nSPS) is 14.8. The lowest BCUT2D eigenvalue weighted by Crippen LogP contribution is -2.07. The molecular formula is C13H17NO2. The SMILES string of the molecule is O=C(O)c1ccccc1NCCCC1CC1. The van der Waals surface area contributed by atoms with Crippen molar-refractivity contribution in [3.8, 4) is 0 Å². The minimum Gasteiger partial charge on any atom is -0.478 e. The Morgan fingerprint density at radius 2 is 2.12 bits per heavy atom. The molecule has 16 heavy (non-hydrogen) atoms. The first-order valence-corrected chi connectivity index (χ1v) is 5.83. The number of carboxylic acids is 1. The van der Waals surface area contributed by atoms with Gasteiger partial charge in [-0.05, 0) is 30.9 Å². The lowest BCUT2D eigenvalue weighted by molar-refractivity contribution is 0.0698. The van der Waals surface area contributed by atoms with Gasteiger partial charge in [0.1, 0.15) is 0 Å². The average Bonchev–Trinajstić information content (AvgIpc) is 3.08. The van der Waals surface area contributed by atoms with Gasteiger partial charge in [-0.3, -0.25) is 0 Å². The minimum absolute atomic E-state index is 0.355. The van der Waals surface area contributed by atoms with Crippen molar-refractivity contribution in [2.24, 2.45) is 5.92 Å². The highest BCUT2D eigenvalue weighted by atomic mass is 16.4. The molecule has 0 atom stereocenters. The van der Waals surface area contributed by atoms with Crippen LogP contribution < -0.4 is 5.32 Å². The molecule has 1 aromatic carbocycles. The lowest BCUT2D eigenvalue weighted by atomic mass is 10.1. The second-order valence-corrected chi connectivity index (χ2v) is 4.36. The average molecular weight is 219 g/mol. The highest BCUT2D eigenvalue weighted by Crippen LogP contribution is 2.33. The molecule has 0 aliphatic heterocycles.